The second kappa shape index (κ2) is 4.42. The van der Waals surface area contributed by atoms with Gasteiger partial charge in [-0.05, 0) is 19.3 Å². The van der Waals surface area contributed by atoms with Gasteiger partial charge in [0, 0.05) is 30.7 Å². The van der Waals surface area contributed by atoms with Gasteiger partial charge in [0.25, 0.3) is 0 Å². The average molecular weight is 227 g/mol. The molecule has 1 aromatic rings. The molecule has 0 aliphatic carbocycles. The minimum absolute atomic E-state index is 0.632. The fraction of sp³-hybridized carbons (Fsp3) is 0.778. The Balaban J connectivity index is 2.02. The van der Waals surface area contributed by atoms with Crippen molar-refractivity contribution in [3.05, 3.63) is 5.69 Å². The molecule has 0 spiro atoms. The van der Waals surface area contributed by atoms with E-state index in [0.29, 0.717) is 6.04 Å². The molecular weight excluding hydrogens is 210 g/mol. The van der Waals surface area contributed by atoms with E-state index in [-0.39, 0.29) is 0 Å². The quantitative estimate of drug-likeness (QED) is 0.597. The first-order valence-corrected chi connectivity index (χ1v) is 6.00. The minimum Gasteiger partial charge on any atom is -0.313 e. The van der Waals surface area contributed by atoms with Crippen LogP contribution in [-0.4, -0.2) is 27.1 Å². The Bertz CT molecular complexity index is 326. The maximum Gasteiger partial charge on any atom is 0.148 e. The highest BCUT2D eigenvalue weighted by Gasteiger charge is 2.27. The molecule has 15 heavy (non-hydrogen) atoms. The first kappa shape index (κ1) is 10.8. The largest absolute Gasteiger partial charge is 0.313 e. The number of rotatable bonds is 3. The molecule has 0 saturated carbocycles. The Hall–Kier alpha value is -0.720. The molecule has 2 unspecified atom stereocenters. The van der Waals surface area contributed by atoms with Crippen molar-refractivity contribution in [1.29, 1.82) is 0 Å². The van der Waals surface area contributed by atoms with Crippen molar-refractivity contribution in [1.82, 2.24) is 14.5 Å². The Morgan fingerprint density at radius 1 is 1.60 bits per heavy atom. The third kappa shape index (κ3) is 2.27. The molecule has 6 heteroatoms. The van der Waals surface area contributed by atoms with Crippen LogP contribution in [0.1, 0.15) is 26.0 Å². The molecule has 2 heterocycles. The van der Waals surface area contributed by atoms with Crippen LogP contribution in [0.25, 0.3) is 0 Å². The minimum atomic E-state index is 0.632. The number of hydrazine groups is 1. The van der Waals surface area contributed by atoms with Crippen LogP contribution < -0.4 is 11.3 Å². The molecule has 2 rings (SSSR count). The first-order valence-electron chi connectivity index (χ1n) is 5.22. The number of nitrogens with zero attached hydrogens (tertiary/aromatic N) is 3. The van der Waals surface area contributed by atoms with Crippen molar-refractivity contribution in [2.24, 2.45) is 11.8 Å². The Morgan fingerprint density at radius 3 is 3.00 bits per heavy atom. The van der Waals surface area contributed by atoms with Crippen molar-refractivity contribution in [2.75, 3.05) is 12.0 Å². The lowest BCUT2D eigenvalue weighted by Crippen LogP contribution is -2.27. The third-order valence-electron chi connectivity index (χ3n) is 2.95. The summed E-state index contributed by atoms with van der Waals surface area (Å²) in [5.41, 5.74) is 3.60. The predicted molar refractivity (Wildman–Crippen MR) is 61.4 cm³/mol. The van der Waals surface area contributed by atoms with Gasteiger partial charge in [-0.15, -0.1) is 5.10 Å². The van der Waals surface area contributed by atoms with E-state index in [1.54, 1.807) is 0 Å². The van der Waals surface area contributed by atoms with Crippen LogP contribution in [0.3, 0.4) is 0 Å². The molecule has 84 valence electrons. The fourth-order valence-corrected chi connectivity index (χ4v) is 2.71. The monoisotopic (exact) mass is 227 g/mol. The average Bonchev–Trinajstić information content (AvgIpc) is 2.74. The molecule has 1 saturated heterocycles. The first-order chi connectivity index (χ1) is 7.20. The van der Waals surface area contributed by atoms with Crippen molar-refractivity contribution in [3.63, 3.8) is 0 Å². The van der Waals surface area contributed by atoms with E-state index in [1.165, 1.54) is 18.0 Å². The van der Waals surface area contributed by atoms with Crippen LogP contribution in [0.2, 0.25) is 0 Å². The number of likely N-dealkylation sites (tertiary alicyclic amines) is 1. The van der Waals surface area contributed by atoms with Gasteiger partial charge in [-0.3, -0.25) is 4.90 Å². The molecule has 1 fully saturated rings. The Morgan fingerprint density at radius 2 is 2.40 bits per heavy atom. The number of nitrogens with two attached hydrogens (primary N) is 1. The molecule has 0 amide bonds. The lowest BCUT2D eigenvalue weighted by Gasteiger charge is -2.19. The van der Waals surface area contributed by atoms with E-state index in [1.807, 2.05) is 0 Å². The molecular formula is C9H17N5S. The maximum atomic E-state index is 5.39. The molecule has 1 aromatic heterocycles. The number of aromatic nitrogens is 2. The topological polar surface area (TPSA) is 67.1 Å². The zero-order valence-corrected chi connectivity index (χ0v) is 9.92. The summed E-state index contributed by atoms with van der Waals surface area (Å²) in [6.07, 6.45) is 1.27. The second-order valence-corrected chi connectivity index (χ2v) is 5.07. The summed E-state index contributed by atoms with van der Waals surface area (Å²) in [7, 11) is 0. The van der Waals surface area contributed by atoms with E-state index in [4.69, 9.17) is 5.84 Å². The van der Waals surface area contributed by atoms with E-state index in [0.717, 1.165) is 29.7 Å². The normalized spacial score (nSPS) is 27.1. The SMILES string of the molecule is CC1CC(C)N(Cc2nnsc2NN)C1. The number of hydrogen-bond donors (Lipinski definition) is 2. The van der Waals surface area contributed by atoms with E-state index < -0.39 is 0 Å². The summed E-state index contributed by atoms with van der Waals surface area (Å²) in [6, 6.07) is 0.632. The number of hydrogen-bond acceptors (Lipinski definition) is 6. The van der Waals surface area contributed by atoms with Crippen LogP contribution >= 0.6 is 11.5 Å². The highest BCUT2D eigenvalue weighted by atomic mass is 32.1. The van der Waals surface area contributed by atoms with Crippen molar-refractivity contribution < 1.29 is 0 Å². The summed E-state index contributed by atoms with van der Waals surface area (Å²) < 4.78 is 3.90. The second-order valence-electron chi connectivity index (χ2n) is 4.31. The highest BCUT2D eigenvalue weighted by Crippen LogP contribution is 2.26. The molecule has 0 radical (unpaired) electrons. The van der Waals surface area contributed by atoms with E-state index >= 15 is 0 Å². The van der Waals surface area contributed by atoms with Crippen LogP contribution in [-0.2, 0) is 6.54 Å². The van der Waals surface area contributed by atoms with Gasteiger partial charge in [-0.2, -0.15) is 0 Å². The maximum absolute atomic E-state index is 5.39. The molecule has 1 aliphatic rings. The van der Waals surface area contributed by atoms with Gasteiger partial charge < -0.3 is 5.43 Å². The lowest BCUT2D eigenvalue weighted by atomic mass is 10.1. The number of nitrogens with one attached hydrogen (secondary N) is 1. The van der Waals surface area contributed by atoms with Crippen LogP contribution in [0.4, 0.5) is 5.00 Å². The van der Waals surface area contributed by atoms with Gasteiger partial charge in [-0.1, -0.05) is 11.4 Å². The van der Waals surface area contributed by atoms with E-state index in [9.17, 15) is 0 Å². The van der Waals surface area contributed by atoms with Gasteiger partial charge in [-0.25, -0.2) is 5.84 Å². The van der Waals surface area contributed by atoms with Gasteiger partial charge in [0.05, 0.1) is 0 Å². The van der Waals surface area contributed by atoms with E-state index in [2.05, 4.69) is 33.8 Å². The number of anilines is 1. The van der Waals surface area contributed by atoms with Crippen LogP contribution in [0, 0.1) is 5.92 Å². The van der Waals surface area contributed by atoms with Crippen molar-refractivity contribution in [3.8, 4) is 0 Å². The molecule has 3 N–H and O–H groups in total. The van der Waals surface area contributed by atoms with Crippen LogP contribution in [0.15, 0.2) is 0 Å². The number of nitrogen functional groups attached to an aromatic ring is 1. The molecule has 1 aliphatic heterocycles. The standard InChI is InChI=1S/C9H17N5S/c1-6-3-7(2)14(4-6)5-8-9(11-10)15-13-12-8/h6-7,11H,3-5,10H2,1-2H3. The summed E-state index contributed by atoms with van der Waals surface area (Å²) in [5, 5.41) is 4.97. The summed E-state index contributed by atoms with van der Waals surface area (Å²) in [5.74, 6) is 6.17. The molecule has 0 bridgehead atoms. The smallest absolute Gasteiger partial charge is 0.148 e. The Kier molecular flexibility index (Phi) is 3.18. The molecule has 0 aromatic carbocycles. The van der Waals surface area contributed by atoms with Crippen molar-refractivity contribution >= 4 is 16.5 Å². The summed E-state index contributed by atoms with van der Waals surface area (Å²) in [4.78, 5) is 2.43. The van der Waals surface area contributed by atoms with Crippen molar-refractivity contribution in [2.45, 2.75) is 32.9 Å². The molecule has 2 atom stereocenters. The summed E-state index contributed by atoms with van der Waals surface area (Å²) in [6.45, 7) is 6.54. The highest BCUT2D eigenvalue weighted by molar-refractivity contribution is 7.10. The van der Waals surface area contributed by atoms with Crippen LogP contribution in [0.5, 0.6) is 0 Å². The summed E-state index contributed by atoms with van der Waals surface area (Å²) >= 11 is 1.31. The van der Waals surface area contributed by atoms with Gasteiger partial charge in [0.2, 0.25) is 0 Å². The fourth-order valence-electron chi connectivity index (χ4n) is 2.22. The lowest BCUT2D eigenvalue weighted by molar-refractivity contribution is 0.254. The zero-order valence-electron chi connectivity index (χ0n) is 9.10. The van der Waals surface area contributed by atoms with Gasteiger partial charge in [0.1, 0.15) is 10.7 Å². The Labute approximate surface area is 93.8 Å². The predicted octanol–water partition coefficient (Wildman–Crippen LogP) is 1.05. The third-order valence-corrected chi connectivity index (χ3v) is 3.65. The zero-order chi connectivity index (χ0) is 10.8. The molecule has 5 nitrogen and oxygen atoms in total. The van der Waals surface area contributed by atoms with Gasteiger partial charge >= 0.3 is 0 Å². The van der Waals surface area contributed by atoms with Gasteiger partial charge in [0.15, 0.2) is 0 Å².